The van der Waals surface area contributed by atoms with E-state index >= 15 is 0 Å². The maximum atomic E-state index is 13.8. The number of carbonyl (C=O) groups excluding carboxylic acids is 1. The number of ketones is 1. The van der Waals surface area contributed by atoms with Gasteiger partial charge in [0.05, 0.1) is 0 Å². The van der Waals surface area contributed by atoms with E-state index in [9.17, 15) is 14.9 Å². The Bertz CT molecular complexity index is 705. The maximum Gasteiger partial charge on any atom is 0.273 e. The highest BCUT2D eigenvalue weighted by Gasteiger charge is 2.67. The van der Waals surface area contributed by atoms with E-state index in [1.807, 2.05) is 0 Å². The first-order valence-electron chi connectivity index (χ1n) is 13.3. The molecule has 4 heteroatoms. The van der Waals surface area contributed by atoms with E-state index in [0.29, 0.717) is 23.7 Å². The number of carbonyl (C=O) groups is 1. The van der Waals surface area contributed by atoms with Gasteiger partial charge in [0.1, 0.15) is 0 Å². The molecule has 0 aromatic heterocycles. The molecule has 4 aliphatic rings. The zero-order valence-corrected chi connectivity index (χ0v) is 20.6. The molecule has 0 heterocycles. The van der Waals surface area contributed by atoms with Crippen LogP contribution in [-0.4, -0.2) is 16.7 Å². The van der Waals surface area contributed by atoms with E-state index in [4.69, 9.17) is 0 Å². The van der Waals surface area contributed by atoms with Crippen LogP contribution in [0.25, 0.3) is 0 Å². The van der Waals surface area contributed by atoms with Crippen molar-refractivity contribution in [3.63, 3.8) is 0 Å². The van der Waals surface area contributed by atoms with E-state index in [0.717, 1.165) is 38.0 Å². The summed E-state index contributed by atoms with van der Waals surface area (Å²) in [6, 6.07) is -0.948. The van der Waals surface area contributed by atoms with Crippen LogP contribution in [0.3, 0.4) is 0 Å². The van der Waals surface area contributed by atoms with Crippen LogP contribution in [0.1, 0.15) is 105 Å². The number of hydrogen-bond acceptors (Lipinski definition) is 3. The third-order valence-electron chi connectivity index (χ3n) is 10.9. The second kappa shape index (κ2) is 8.45. The van der Waals surface area contributed by atoms with E-state index in [1.165, 1.54) is 38.5 Å². The number of fused-ring (bicyclic) bond motifs is 5. The van der Waals surface area contributed by atoms with Gasteiger partial charge in [0, 0.05) is 16.8 Å². The van der Waals surface area contributed by atoms with E-state index in [-0.39, 0.29) is 33.4 Å². The highest BCUT2D eigenvalue weighted by molar-refractivity contribution is 5.87. The summed E-state index contributed by atoms with van der Waals surface area (Å²) in [4.78, 5) is 25.7. The molecule has 4 fully saturated rings. The van der Waals surface area contributed by atoms with Crippen molar-refractivity contribution in [2.24, 2.45) is 52.3 Å². The summed E-state index contributed by atoms with van der Waals surface area (Å²) >= 11 is 0. The number of Topliss-reactive ketones (excluding diaryl/α,β-unsaturated/α-hetero) is 1. The van der Waals surface area contributed by atoms with Crippen LogP contribution in [0.2, 0.25) is 0 Å². The smallest absolute Gasteiger partial charge is 0.273 e. The summed E-state index contributed by atoms with van der Waals surface area (Å²) < 4.78 is 0. The summed E-state index contributed by atoms with van der Waals surface area (Å²) in [6.07, 6.45) is 12.7. The van der Waals surface area contributed by atoms with Gasteiger partial charge in [-0.15, -0.1) is 0 Å². The molecule has 0 spiro atoms. The fourth-order valence-electron chi connectivity index (χ4n) is 9.31. The van der Waals surface area contributed by atoms with Crippen LogP contribution < -0.4 is 0 Å². The largest absolute Gasteiger partial charge is 0.292 e. The molecule has 4 nitrogen and oxygen atoms in total. The molecule has 0 aromatic carbocycles. The molecule has 9 atom stereocenters. The Morgan fingerprint density at radius 2 is 1.65 bits per heavy atom. The van der Waals surface area contributed by atoms with Gasteiger partial charge in [-0.1, -0.05) is 66.7 Å². The van der Waals surface area contributed by atoms with E-state index in [1.54, 1.807) is 0 Å². The zero-order chi connectivity index (χ0) is 22.6. The van der Waals surface area contributed by atoms with Crippen molar-refractivity contribution in [3.8, 4) is 0 Å². The zero-order valence-electron chi connectivity index (χ0n) is 20.6. The van der Waals surface area contributed by atoms with E-state index < -0.39 is 6.04 Å². The molecule has 0 aromatic rings. The van der Waals surface area contributed by atoms with Crippen molar-refractivity contribution < 1.29 is 9.72 Å². The summed E-state index contributed by atoms with van der Waals surface area (Å²) in [5.41, 5.74) is 0.171. The lowest BCUT2D eigenvalue weighted by molar-refractivity contribution is -0.526. The topological polar surface area (TPSA) is 60.2 Å². The van der Waals surface area contributed by atoms with Gasteiger partial charge in [0.2, 0.25) is 5.78 Å². The van der Waals surface area contributed by atoms with Crippen LogP contribution >= 0.6 is 0 Å². The molecule has 0 amide bonds. The quantitative estimate of drug-likeness (QED) is 0.338. The number of nitro groups is 1. The lowest BCUT2D eigenvalue weighted by Crippen LogP contribution is -2.63. The number of nitrogens with zero attached hydrogens (tertiary/aromatic N) is 1. The maximum absolute atomic E-state index is 13.8. The molecule has 176 valence electrons. The molecule has 4 rings (SSSR count). The second-order valence-corrected chi connectivity index (χ2v) is 12.8. The van der Waals surface area contributed by atoms with Gasteiger partial charge < -0.3 is 0 Å². The first kappa shape index (κ1) is 23.2. The fraction of sp³-hybridized carbons (Fsp3) is 0.963. The Morgan fingerprint density at radius 3 is 2.32 bits per heavy atom. The second-order valence-electron chi connectivity index (χ2n) is 12.8. The van der Waals surface area contributed by atoms with Gasteiger partial charge in [-0.2, -0.15) is 0 Å². The Balaban J connectivity index is 1.60. The van der Waals surface area contributed by atoms with Crippen molar-refractivity contribution in [2.45, 2.75) is 111 Å². The molecular formula is C27H45NO3. The molecule has 0 N–H and O–H groups in total. The molecule has 31 heavy (non-hydrogen) atoms. The molecular weight excluding hydrogens is 386 g/mol. The minimum Gasteiger partial charge on any atom is -0.292 e. The van der Waals surface area contributed by atoms with Crippen molar-refractivity contribution >= 4 is 5.78 Å². The standard InChI is InChI=1S/C27H45NO3/c1-17(2)9-8-10-18(3)19-12-13-20-23-21(14-16-27(19,20)5)26(4)15-7-6-11-22(26)24(25(23)29)28(30)31/h17-24H,6-16H2,1-5H3/t18-,19?,20?,21?,22-,23?,24-,26?,27?/m1/s1. The predicted octanol–water partition coefficient (Wildman–Crippen LogP) is 6.93. The Labute approximate surface area is 189 Å². The highest BCUT2D eigenvalue weighted by Crippen LogP contribution is 2.67. The van der Waals surface area contributed by atoms with Gasteiger partial charge in [0.25, 0.3) is 6.04 Å². The van der Waals surface area contributed by atoms with Crippen LogP contribution in [0.5, 0.6) is 0 Å². The minimum atomic E-state index is -0.948. The van der Waals surface area contributed by atoms with Gasteiger partial charge in [0.15, 0.2) is 0 Å². The first-order valence-corrected chi connectivity index (χ1v) is 13.3. The average Bonchev–Trinajstić information content (AvgIpc) is 3.05. The Morgan fingerprint density at radius 1 is 0.935 bits per heavy atom. The SMILES string of the molecule is CC(C)CCC[C@@H](C)C1CCC2C3C(=O)[C@H]([N+](=O)[O-])[C@H]4CCCCC4(C)C3CCC21C. The molecule has 0 bridgehead atoms. The molecule has 0 aliphatic heterocycles. The third-order valence-corrected chi connectivity index (χ3v) is 10.9. The number of rotatable bonds is 6. The summed E-state index contributed by atoms with van der Waals surface area (Å²) in [7, 11) is 0. The van der Waals surface area contributed by atoms with Crippen LogP contribution in [0.15, 0.2) is 0 Å². The third kappa shape index (κ3) is 3.68. The van der Waals surface area contributed by atoms with Gasteiger partial charge in [-0.3, -0.25) is 14.9 Å². The van der Waals surface area contributed by atoms with Crippen LogP contribution in [0.4, 0.5) is 0 Å². The molecule has 4 saturated carbocycles. The van der Waals surface area contributed by atoms with Crippen LogP contribution in [0, 0.1) is 62.4 Å². The summed E-state index contributed by atoms with van der Waals surface area (Å²) in [5, 5.41) is 12.1. The lowest BCUT2D eigenvalue weighted by Gasteiger charge is -2.59. The molecule has 6 unspecified atom stereocenters. The van der Waals surface area contributed by atoms with E-state index in [2.05, 4.69) is 34.6 Å². The van der Waals surface area contributed by atoms with Crippen molar-refractivity contribution in [3.05, 3.63) is 10.1 Å². The van der Waals surface area contributed by atoms with Crippen molar-refractivity contribution in [1.29, 1.82) is 0 Å². The molecule has 0 radical (unpaired) electrons. The minimum absolute atomic E-state index is 0.0170. The van der Waals surface area contributed by atoms with Crippen molar-refractivity contribution in [2.75, 3.05) is 0 Å². The molecule has 0 saturated heterocycles. The van der Waals surface area contributed by atoms with Crippen LogP contribution in [-0.2, 0) is 4.79 Å². The fourth-order valence-corrected chi connectivity index (χ4v) is 9.31. The van der Waals surface area contributed by atoms with Crippen molar-refractivity contribution in [1.82, 2.24) is 0 Å². The Kier molecular flexibility index (Phi) is 6.33. The van der Waals surface area contributed by atoms with Gasteiger partial charge in [-0.05, 0) is 78.9 Å². The summed E-state index contributed by atoms with van der Waals surface area (Å²) in [6.45, 7) is 11.8. The van der Waals surface area contributed by atoms with Gasteiger partial charge in [-0.25, -0.2) is 0 Å². The summed E-state index contributed by atoms with van der Waals surface area (Å²) in [5.74, 6) is 2.76. The lowest BCUT2D eigenvalue weighted by atomic mass is 9.43. The first-order chi connectivity index (χ1) is 14.6. The monoisotopic (exact) mass is 431 g/mol. The molecule has 4 aliphatic carbocycles. The van der Waals surface area contributed by atoms with Gasteiger partial charge >= 0.3 is 0 Å². The average molecular weight is 432 g/mol. The predicted molar refractivity (Wildman–Crippen MR) is 124 cm³/mol. The Hall–Kier alpha value is -0.930. The number of hydrogen-bond donors (Lipinski definition) is 0. The highest BCUT2D eigenvalue weighted by atomic mass is 16.6. The normalized spacial score (nSPS) is 45.7.